The molecule has 5 atom stereocenters. The molecule has 0 aromatic carbocycles. The maximum absolute atomic E-state index is 12.6. The molecular weight excluding hydrogens is 244 g/mol. The number of aliphatic hydroxyl groups is 2. The SMILES string of the molecule is Cc1coc2c1C(O)C1(C)C(C)CCC(O)C1C2=O. The lowest BCUT2D eigenvalue weighted by atomic mass is 9.53. The average Bonchev–Trinajstić information content (AvgIpc) is 2.74. The summed E-state index contributed by atoms with van der Waals surface area (Å²) < 4.78 is 5.33. The van der Waals surface area contributed by atoms with Crippen molar-refractivity contribution in [2.45, 2.75) is 45.8 Å². The van der Waals surface area contributed by atoms with Crippen molar-refractivity contribution in [1.29, 1.82) is 0 Å². The van der Waals surface area contributed by atoms with Gasteiger partial charge in [0.2, 0.25) is 5.78 Å². The van der Waals surface area contributed by atoms with Crippen LogP contribution in [0.25, 0.3) is 0 Å². The summed E-state index contributed by atoms with van der Waals surface area (Å²) in [5.74, 6) is -0.304. The van der Waals surface area contributed by atoms with Crippen LogP contribution < -0.4 is 0 Å². The van der Waals surface area contributed by atoms with Gasteiger partial charge < -0.3 is 14.6 Å². The van der Waals surface area contributed by atoms with Gasteiger partial charge >= 0.3 is 0 Å². The first-order chi connectivity index (χ1) is 8.89. The quantitative estimate of drug-likeness (QED) is 0.754. The minimum absolute atomic E-state index is 0.157. The number of carbonyl (C=O) groups excluding carboxylic acids is 1. The van der Waals surface area contributed by atoms with E-state index < -0.39 is 23.5 Å². The van der Waals surface area contributed by atoms with E-state index >= 15 is 0 Å². The highest BCUT2D eigenvalue weighted by atomic mass is 16.3. The number of ketones is 1. The Kier molecular flexibility index (Phi) is 2.67. The van der Waals surface area contributed by atoms with Crippen molar-refractivity contribution < 1.29 is 19.4 Å². The Morgan fingerprint density at radius 1 is 1.37 bits per heavy atom. The third-order valence-corrected chi connectivity index (χ3v) is 5.40. The van der Waals surface area contributed by atoms with E-state index in [9.17, 15) is 15.0 Å². The molecule has 1 saturated carbocycles. The molecule has 2 aliphatic carbocycles. The highest BCUT2D eigenvalue weighted by Gasteiger charge is 2.59. The van der Waals surface area contributed by atoms with Gasteiger partial charge in [-0.3, -0.25) is 4.79 Å². The number of carbonyl (C=O) groups is 1. The fourth-order valence-electron chi connectivity index (χ4n) is 3.95. The first-order valence-electron chi connectivity index (χ1n) is 6.87. The number of furan rings is 1. The molecule has 0 aliphatic heterocycles. The second-order valence-electron chi connectivity index (χ2n) is 6.32. The maximum atomic E-state index is 12.6. The van der Waals surface area contributed by atoms with E-state index in [1.165, 1.54) is 6.26 Å². The minimum Gasteiger partial charge on any atom is -0.461 e. The molecule has 5 unspecified atom stereocenters. The Hall–Kier alpha value is -1.13. The second-order valence-corrected chi connectivity index (χ2v) is 6.32. The Labute approximate surface area is 112 Å². The molecule has 0 saturated heterocycles. The molecule has 1 heterocycles. The predicted molar refractivity (Wildman–Crippen MR) is 68.7 cm³/mol. The summed E-state index contributed by atoms with van der Waals surface area (Å²) in [4.78, 5) is 12.6. The Bertz CT molecular complexity index is 532. The molecular formula is C15H20O4. The predicted octanol–water partition coefficient (Wildman–Crippen LogP) is 2.23. The molecule has 1 aromatic heterocycles. The third kappa shape index (κ3) is 1.44. The fourth-order valence-corrected chi connectivity index (χ4v) is 3.95. The molecule has 4 nitrogen and oxygen atoms in total. The van der Waals surface area contributed by atoms with Crippen molar-refractivity contribution in [3.05, 3.63) is 23.2 Å². The lowest BCUT2D eigenvalue weighted by Crippen LogP contribution is -2.54. The zero-order chi connectivity index (χ0) is 13.9. The first-order valence-corrected chi connectivity index (χ1v) is 6.87. The largest absolute Gasteiger partial charge is 0.461 e. The molecule has 0 amide bonds. The fraction of sp³-hybridized carbons (Fsp3) is 0.667. The molecule has 19 heavy (non-hydrogen) atoms. The molecule has 104 valence electrons. The lowest BCUT2D eigenvalue weighted by Gasteiger charge is -2.52. The minimum atomic E-state index is -0.756. The van der Waals surface area contributed by atoms with Gasteiger partial charge in [0.25, 0.3) is 0 Å². The van der Waals surface area contributed by atoms with Gasteiger partial charge in [0, 0.05) is 11.0 Å². The van der Waals surface area contributed by atoms with Crippen LogP contribution in [0.3, 0.4) is 0 Å². The number of hydrogen-bond acceptors (Lipinski definition) is 4. The topological polar surface area (TPSA) is 70.7 Å². The van der Waals surface area contributed by atoms with Crippen molar-refractivity contribution >= 4 is 5.78 Å². The summed E-state index contributed by atoms with van der Waals surface area (Å²) in [6.45, 7) is 5.81. The number of fused-ring (bicyclic) bond motifs is 2. The molecule has 0 bridgehead atoms. The summed E-state index contributed by atoms with van der Waals surface area (Å²) >= 11 is 0. The van der Waals surface area contributed by atoms with Crippen molar-refractivity contribution in [3.8, 4) is 0 Å². The van der Waals surface area contributed by atoms with E-state index in [-0.39, 0.29) is 17.5 Å². The van der Waals surface area contributed by atoms with Gasteiger partial charge in [-0.15, -0.1) is 0 Å². The van der Waals surface area contributed by atoms with E-state index in [2.05, 4.69) is 6.92 Å². The van der Waals surface area contributed by atoms with Crippen LogP contribution in [0.5, 0.6) is 0 Å². The van der Waals surface area contributed by atoms with Gasteiger partial charge in [0.1, 0.15) is 0 Å². The van der Waals surface area contributed by atoms with Crippen LogP contribution in [0.4, 0.5) is 0 Å². The van der Waals surface area contributed by atoms with Gasteiger partial charge in [-0.1, -0.05) is 13.8 Å². The molecule has 0 spiro atoms. The lowest BCUT2D eigenvalue weighted by molar-refractivity contribution is -0.112. The molecule has 3 rings (SSSR count). The normalized spacial score (nSPS) is 41.8. The smallest absolute Gasteiger partial charge is 0.204 e. The average molecular weight is 264 g/mol. The Morgan fingerprint density at radius 3 is 2.74 bits per heavy atom. The van der Waals surface area contributed by atoms with Gasteiger partial charge in [0.05, 0.1) is 24.4 Å². The third-order valence-electron chi connectivity index (χ3n) is 5.40. The van der Waals surface area contributed by atoms with Crippen LogP contribution >= 0.6 is 0 Å². The first kappa shape index (κ1) is 12.9. The van der Waals surface area contributed by atoms with Gasteiger partial charge in [0.15, 0.2) is 5.76 Å². The zero-order valence-electron chi connectivity index (χ0n) is 11.5. The Morgan fingerprint density at radius 2 is 2.05 bits per heavy atom. The Balaban J connectivity index is 2.22. The van der Waals surface area contributed by atoms with E-state index in [0.29, 0.717) is 12.0 Å². The van der Waals surface area contributed by atoms with Crippen molar-refractivity contribution in [1.82, 2.24) is 0 Å². The molecule has 2 N–H and O–H groups in total. The van der Waals surface area contributed by atoms with E-state index in [0.717, 1.165) is 12.0 Å². The summed E-state index contributed by atoms with van der Waals surface area (Å²) in [6.07, 6.45) is 1.50. The molecule has 1 aromatic rings. The van der Waals surface area contributed by atoms with Crippen molar-refractivity contribution in [2.75, 3.05) is 0 Å². The number of rotatable bonds is 0. The van der Waals surface area contributed by atoms with Gasteiger partial charge in [-0.2, -0.15) is 0 Å². The van der Waals surface area contributed by atoms with Crippen LogP contribution in [0.2, 0.25) is 0 Å². The number of Topliss-reactive ketones (excluding diaryl/α,β-unsaturated/α-hetero) is 1. The summed E-state index contributed by atoms with van der Waals surface area (Å²) in [5.41, 5.74) is 0.809. The van der Waals surface area contributed by atoms with E-state index in [1.54, 1.807) is 0 Å². The molecule has 1 fully saturated rings. The number of hydrogen-bond donors (Lipinski definition) is 2. The van der Waals surface area contributed by atoms with Crippen LogP contribution in [0.15, 0.2) is 10.7 Å². The van der Waals surface area contributed by atoms with Crippen LogP contribution in [-0.2, 0) is 0 Å². The monoisotopic (exact) mass is 264 g/mol. The second kappa shape index (κ2) is 3.93. The molecule has 2 aliphatic rings. The van der Waals surface area contributed by atoms with Crippen LogP contribution in [0.1, 0.15) is 54.5 Å². The zero-order valence-corrected chi connectivity index (χ0v) is 11.5. The van der Waals surface area contributed by atoms with Crippen LogP contribution in [0, 0.1) is 24.2 Å². The van der Waals surface area contributed by atoms with E-state index in [4.69, 9.17) is 4.42 Å². The highest BCUT2D eigenvalue weighted by molar-refractivity contribution is 5.99. The summed E-state index contributed by atoms with van der Waals surface area (Å²) in [5, 5.41) is 21.0. The standard InChI is InChI=1S/C15H20O4/c1-7-6-19-13-10(7)14(18)15(3)8(2)4-5-9(16)11(15)12(13)17/h6,8-9,11,14,16,18H,4-5H2,1-3H3. The van der Waals surface area contributed by atoms with Crippen molar-refractivity contribution in [2.24, 2.45) is 17.3 Å². The molecule has 0 radical (unpaired) electrons. The van der Waals surface area contributed by atoms with Gasteiger partial charge in [-0.05, 0) is 31.2 Å². The van der Waals surface area contributed by atoms with Crippen LogP contribution in [-0.4, -0.2) is 22.1 Å². The summed E-state index contributed by atoms with van der Waals surface area (Å²) in [6, 6.07) is 0. The van der Waals surface area contributed by atoms with Gasteiger partial charge in [-0.25, -0.2) is 0 Å². The highest BCUT2D eigenvalue weighted by Crippen LogP contribution is 2.57. The maximum Gasteiger partial charge on any atom is 0.204 e. The summed E-state index contributed by atoms with van der Waals surface area (Å²) in [7, 11) is 0. The number of aryl methyl sites for hydroxylation is 1. The van der Waals surface area contributed by atoms with Crippen molar-refractivity contribution in [3.63, 3.8) is 0 Å². The molecule has 4 heteroatoms. The van der Waals surface area contributed by atoms with E-state index in [1.807, 2.05) is 13.8 Å². The number of aliphatic hydroxyl groups excluding tert-OH is 2.